The number of hydrogen-bond acceptors (Lipinski definition) is 4. The minimum atomic E-state index is -1.67. The maximum Gasteiger partial charge on any atom is 0.308 e. The van der Waals surface area contributed by atoms with Crippen LogP contribution in [0.4, 0.5) is 10.1 Å². The monoisotopic (exact) mass is 341 g/mol. The van der Waals surface area contributed by atoms with Crippen molar-refractivity contribution in [2.45, 2.75) is 6.42 Å². The second-order valence-corrected chi connectivity index (χ2v) is 5.71. The van der Waals surface area contributed by atoms with Crippen molar-refractivity contribution in [3.63, 3.8) is 0 Å². The number of halogens is 1. The van der Waals surface area contributed by atoms with Gasteiger partial charge in [0.15, 0.2) is 0 Å². The van der Waals surface area contributed by atoms with Crippen molar-refractivity contribution in [1.29, 1.82) is 5.26 Å². The third kappa shape index (κ3) is 2.76. The van der Waals surface area contributed by atoms with E-state index < -0.39 is 29.0 Å². The average Bonchev–Trinajstić information content (AvgIpc) is 3.34. The van der Waals surface area contributed by atoms with Gasteiger partial charge in [0.05, 0.1) is 23.4 Å². The van der Waals surface area contributed by atoms with Gasteiger partial charge in [0.2, 0.25) is 5.91 Å². The lowest BCUT2D eigenvalue weighted by Gasteiger charge is -2.12. The summed E-state index contributed by atoms with van der Waals surface area (Å²) in [5.41, 5.74) is -1.94. The number of nitrogens with one attached hydrogen (secondary N) is 1. The van der Waals surface area contributed by atoms with E-state index in [1.165, 1.54) is 29.0 Å². The molecular weight excluding hydrogens is 329 g/mol. The van der Waals surface area contributed by atoms with Crippen molar-refractivity contribution < 1.29 is 19.1 Å². The molecular formula is C17H12FN3O4. The van der Waals surface area contributed by atoms with Gasteiger partial charge in [0.1, 0.15) is 11.2 Å². The van der Waals surface area contributed by atoms with Gasteiger partial charge in [-0.25, -0.2) is 4.39 Å². The molecule has 2 N–H and O–H groups in total. The Kier molecular flexibility index (Phi) is 3.85. The Hall–Kier alpha value is -3.47. The predicted octanol–water partition coefficient (Wildman–Crippen LogP) is 1.53. The minimum absolute atomic E-state index is 0.107. The van der Waals surface area contributed by atoms with Crippen molar-refractivity contribution in [1.82, 2.24) is 4.57 Å². The average molecular weight is 341 g/mol. The molecule has 2 atom stereocenters. The van der Waals surface area contributed by atoms with E-state index >= 15 is 0 Å². The highest BCUT2D eigenvalue weighted by molar-refractivity contribution is 6.03. The lowest BCUT2D eigenvalue weighted by Crippen LogP contribution is -2.27. The fourth-order valence-electron chi connectivity index (χ4n) is 2.62. The van der Waals surface area contributed by atoms with E-state index in [-0.39, 0.29) is 23.4 Å². The Morgan fingerprint density at radius 2 is 2.12 bits per heavy atom. The molecule has 7 nitrogen and oxygen atoms in total. The topological polar surface area (TPSA) is 112 Å². The third-order valence-corrected chi connectivity index (χ3v) is 4.17. The first kappa shape index (κ1) is 16.4. The highest BCUT2D eigenvalue weighted by atomic mass is 19.1. The molecule has 126 valence electrons. The van der Waals surface area contributed by atoms with Gasteiger partial charge < -0.3 is 10.4 Å². The number of carbonyl (C=O) groups excluding carboxylic acids is 1. The summed E-state index contributed by atoms with van der Waals surface area (Å²) in [5.74, 6) is -3.99. The first-order valence-corrected chi connectivity index (χ1v) is 7.32. The zero-order valence-electron chi connectivity index (χ0n) is 12.8. The number of amides is 1. The minimum Gasteiger partial charge on any atom is -0.481 e. The normalized spacial score (nSPS) is 21.2. The van der Waals surface area contributed by atoms with Crippen molar-refractivity contribution in [2.75, 3.05) is 5.32 Å². The van der Waals surface area contributed by atoms with Crippen LogP contribution in [0.25, 0.3) is 5.69 Å². The summed E-state index contributed by atoms with van der Waals surface area (Å²) in [6.45, 7) is 0. The molecule has 0 radical (unpaired) electrons. The molecule has 1 fully saturated rings. The highest BCUT2D eigenvalue weighted by Crippen LogP contribution is 2.53. The van der Waals surface area contributed by atoms with E-state index in [1.54, 1.807) is 18.2 Å². The first-order valence-electron chi connectivity index (χ1n) is 7.32. The Bertz CT molecular complexity index is 978. The fraction of sp³-hybridized carbons (Fsp3) is 0.176. The number of hydrogen-bond donors (Lipinski definition) is 2. The molecule has 1 aliphatic rings. The largest absolute Gasteiger partial charge is 0.481 e. The van der Waals surface area contributed by atoms with Gasteiger partial charge >= 0.3 is 5.97 Å². The molecule has 0 bridgehead atoms. The number of carboxylic acids is 1. The van der Waals surface area contributed by atoms with E-state index in [0.717, 1.165) is 6.07 Å². The Morgan fingerprint density at radius 1 is 1.36 bits per heavy atom. The van der Waals surface area contributed by atoms with Gasteiger partial charge in [-0.15, -0.1) is 0 Å². The number of aliphatic carboxylic acids is 1. The van der Waals surface area contributed by atoms with E-state index in [4.69, 9.17) is 10.4 Å². The second-order valence-electron chi connectivity index (χ2n) is 5.71. The van der Waals surface area contributed by atoms with E-state index in [9.17, 15) is 18.8 Å². The van der Waals surface area contributed by atoms with Crippen LogP contribution in [0.2, 0.25) is 0 Å². The second kappa shape index (κ2) is 5.87. The molecule has 2 aromatic rings. The van der Waals surface area contributed by atoms with E-state index in [0.29, 0.717) is 0 Å². The zero-order chi connectivity index (χ0) is 18.2. The predicted molar refractivity (Wildman–Crippen MR) is 84.4 cm³/mol. The van der Waals surface area contributed by atoms with Crippen LogP contribution in [0.1, 0.15) is 6.42 Å². The quantitative estimate of drug-likeness (QED) is 0.876. The van der Waals surface area contributed by atoms with Gasteiger partial charge in [-0.3, -0.25) is 19.0 Å². The third-order valence-electron chi connectivity index (χ3n) is 4.17. The number of aromatic nitrogens is 1. The number of nitrogens with zero attached hydrogens (tertiary/aromatic N) is 2. The molecule has 0 aliphatic heterocycles. The SMILES string of the molecule is N#CC1(C(=O)Nc2ccc(-n3ccccc3=O)cc2F)CC1C(=O)O. The molecule has 1 aliphatic carbocycles. The van der Waals surface area contributed by atoms with Crippen molar-refractivity contribution in [3.8, 4) is 11.8 Å². The standard InChI is InChI=1S/C17H12FN3O4/c18-12-7-10(21-6-2-1-3-14(21)22)4-5-13(12)20-16(25)17(9-19)8-11(17)15(23)24/h1-7,11H,8H2,(H,20,25)(H,23,24). The van der Waals surface area contributed by atoms with Gasteiger partial charge in [-0.05, 0) is 24.6 Å². The maximum atomic E-state index is 14.3. The first-order chi connectivity index (χ1) is 11.9. The number of carboxylic acid groups (broad SMARTS) is 1. The maximum absolute atomic E-state index is 14.3. The molecule has 0 saturated heterocycles. The molecule has 3 rings (SSSR count). The Morgan fingerprint density at radius 3 is 2.68 bits per heavy atom. The summed E-state index contributed by atoms with van der Waals surface area (Å²) >= 11 is 0. The molecule has 2 unspecified atom stereocenters. The van der Waals surface area contributed by atoms with Gasteiger partial charge in [-0.1, -0.05) is 6.07 Å². The van der Waals surface area contributed by atoms with Crippen LogP contribution in [0, 0.1) is 28.5 Å². The number of nitriles is 1. The van der Waals surface area contributed by atoms with Gasteiger partial charge in [0.25, 0.3) is 5.56 Å². The lowest BCUT2D eigenvalue weighted by molar-refractivity contribution is -0.140. The summed E-state index contributed by atoms with van der Waals surface area (Å²) in [6, 6.07) is 9.95. The molecule has 1 heterocycles. The molecule has 1 amide bonds. The van der Waals surface area contributed by atoms with Crippen LogP contribution in [-0.4, -0.2) is 21.6 Å². The number of anilines is 1. The number of pyridine rings is 1. The lowest BCUT2D eigenvalue weighted by atomic mass is 10.0. The van der Waals surface area contributed by atoms with Crippen LogP contribution in [0.5, 0.6) is 0 Å². The van der Waals surface area contributed by atoms with Crippen LogP contribution in [0.15, 0.2) is 47.4 Å². The van der Waals surface area contributed by atoms with E-state index in [1.807, 2.05) is 0 Å². The van der Waals surface area contributed by atoms with Crippen LogP contribution in [0.3, 0.4) is 0 Å². The smallest absolute Gasteiger partial charge is 0.308 e. The summed E-state index contributed by atoms with van der Waals surface area (Å²) in [5, 5.41) is 20.3. The molecule has 1 saturated carbocycles. The van der Waals surface area contributed by atoms with Gasteiger partial charge in [0, 0.05) is 18.3 Å². The summed E-state index contributed by atoms with van der Waals surface area (Å²) in [6.07, 6.45) is 1.37. The van der Waals surface area contributed by atoms with Gasteiger partial charge in [-0.2, -0.15) is 5.26 Å². The molecule has 0 spiro atoms. The fourth-order valence-corrected chi connectivity index (χ4v) is 2.62. The van der Waals surface area contributed by atoms with Crippen LogP contribution < -0.4 is 10.9 Å². The summed E-state index contributed by atoms with van der Waals surface area (Å²) in [7, 11) is 0. The van der Waals surface area contributed by atoms with Crippen LogP contribution >= 0.6 is 0 Å². The van der Waals surface area contributed by atoms with Crippen molar-refractivity contribution >= 4 is 17.6 Å². The number of benzene rings is 1. The Labute approximate surface area is 140 Å². The molecule has 25 heavy (non-hydrogen) atoms. The summed E-state index contributed by atoms with van der Waals surface area (Å²) in [4.78, 5) is 34.9. The molecule has 1 aromatic carbocycles. The molecule has 8 heteroatoms. The van der Waals surface area contributed by atoms with Crippen molar-refractivity contribution in [2.24, 2.45) is 11.3 Å². The molecule has 1 aromatic heterocycles. The highest BCUT2D eigenvalue weighted by Gasteiger charge is 2.65. The van der Waals surface area contributed by atoms with E-state index in [2.05, 4.69) is 5.32 Å². The number of carbonyl (C=O) groups is 2. The summed E-state index contributed by atoms with van der Waals surface area (Å²) < 4.78 is 15.5. The Balaban J connectivity index is 1.85. The van der Waals surface area contributed by atoms with Crippen molar-refractivity contribution in [3.05, 3.63) is 58.8 Å². The van der Waals surface area contributed by atoms with Crippen LogP contribution in [-0.2, 0) is 9.59 Å². The zero-order valence-corrected chi connectivity index (χ0v) is 12.8. The number of rotatable bonds is 4.